The topological polar surface area (TPSA) is 41.3 Å². The normalized spacial score (nSPS) is 28.4. The van der Waals surface area contributed by atoms with Gasteiger partial charge in [0.2, 0.25) is 0 Å². The summed E-state index contributed by atoms with van der Waals surface area (Å²) in [4.78, 5) is 2.33. The van der Waals surface area contributed by atoms with Crippen molar-refractivity contribution < 1.29 is 0 Å². The zero-order valence-corrected chi connectivity index (χ0v) is 11.8. The van der Waals surface area contributed by atoms with Gasteiger partial charge in [-0.3, -0.25) is 10.2 Å². The molecular weight excluding hydrogens is 270 g/mol. The van der Waals surface area contributed by atoms with Gasteiger partial charge in [0.05, 0.1) is 6.17 Å². The molecule has 102 valence electrons. The second-order valence-electron chi connectivity index (χ2n) is 5.37. The van der Waals surface area contributed by atoms with Gasteiger partial charge < -0.3 is 5.73 Å². The van der Waals surface area contributed by atoms with E-state index in [0.717, 1.165) is 18.1 Å². The Labute approximate surface area is 123 Å². The summed E-state index contributed by atoms with van der Waals surface area (Å²) in [6, 6.07) is 16.5. The van der Waals surface area contributed by atoms with E-state index in [2.05, 4.69) is 46.6 Å². The molecule has 0 bridgehead atoms. The van der Waals surface area contributed by atoms with Crippen molar-refractivity contribution in [2.75, 3.05) is 13.1 Å². The molecule has 0 aromatic heterocycles. The summed E-state index contributed by atoms with van der Waals surface area (Å²) in [5.74, 6) is 0. The summed E-state index contributed by atoms with van der Waals surface area (Å²) < 4.78 is 0. The Morgan fingerprint density at radius 3 is 2.70 bits per heavy atom. The number of rotatable bonds is 1. The molecular formula is C16H16ClN3. The van der Waals surface area contributed by atoms with E-state index in [4.69, 9.17) is 17.3 Å². The van der Waals surface area contributed by atoms with Gasteiger partial charge in [-0.25, -0.2) is 0 Å². The lowest BCUT2D eigenvalue weighted by Gasteiger charge is -2.35. The Balaban J connectivity index is 1.96. The highest BCUT2D eigenvalue weighted by Gasteiger charge is 2.52. The molecule has 2 atom stereocenters. The molecule has 0 aliphatic carbocycles. The Hall–Kier alpha value is -1.39. The smallest absolute Gasteiger partial charge is 0.126 e. The molecule has 0 saturated carbocycles. The molecule has 3 N–H and O–H groups in total. The van der Waals surface area contributed by atoms with Crippen molar-refractivity contribution in [3.63, 3.8) is 0 Å². The van der Waals surface area contributed by atoms with Crippen molar-refractivity contribution in [3.05, 3.63) is 70.2 Å². The maximum Gasteiger partial charge on any atom is 0.126 e. The third kappa shape index (κ3) is 1.46. The number of nitrogens with two attached hydrogens (primary N) is 1. The van der Waals surface area contributed by atoms with Gasteiger partial charge in [0.15, 0.2) is 0 Å². The summed E-state index contributed by atoms with van der Waals surface area (Å²) in [7, 11) is 0. The Morgan fingerprint density at radius 2 is 1.90 bits per heavy atom. The minimum atomic E-state index is -0.305. The zero-order chi connectivity index (χ0) is 13.7. The van der Waals surface area contributed by atoms with Gasteiger partial charge in [0, 0.05) is 18.1 Å². The Bertz CT molecular complexity index is 655. The molecule has 4 rings (SSSR count). The fourth-order valence-electron chi connectivity index (χ4n) is 3.59. The minimum Gasteiger partial charge on any atom is -0.312 e. The van der Waals surface area contributed by atoms with Crippen LogP contribution in [-0.2, 0) is 5.66 Å². The van der Waals surface area contributed by atoms with E-state index >= 15 is 0 Å². The number of hydrogen-bond donors (Lipinski definition) is 2. The molecule has 2 aliphatic rings. The van der Waals surface area contributed by atoms with E-state index < -0.39 is 0 Å². The minimum absolute atomic E-state index is 0.0584. The molecule has 2 aliphatic heterocycles. The van der Waals surface area contributed by atoms with Crippen molar-refractivity contribution in [3.8, 4) is 0 Å². The Kier molecular flexibility index (Phi) is 2.66. The van der Waals surface area contributed by atoms with Crippen LogP contribution >= 0.6 is 11.6 Å². The van der Waals surface area contributed by atoms with Crippen LogP contribution in [0.2, 0.25) is 5.02 Å². The van der Waals surface area contributed by atoms with Gasteiger partial charge in [-0.15, -0.1) is 0 Å². The Morgan fingerprint density at radius 1 is 1.15 bits per heavy atom. The highest BCUT2D eigenvalue weighted by Crippen LogP contribution is 2.48. The van der Waals surface area contributed by atoms with Gasteiger partial charge in [-0.2, -0.15) is 0 Å². The first-order chi connectivity index (χ1) is 9.73. The van der Waals surface area contributed by atoms with Crippen molar-refractivity contribution in [1.82, 2.24) is 10.2 Å². The summed E-state index contributed by atoms with van der Waals surface area (Å²) in [6.45, 7) is 1.88. The summed E-state index contributed by atoms with van der Waals surface area (Å²) in [5.41, 5.74) is 9.79. The highest BCUT2D eigenvalue weighted by atomic mass is 35.5. The van der Waals surface area contributed by atoms with Crippen LogP contribution < -0.4 is 11.1 Å². The largest absolute Gasteiger partial charge is 0.312 e. The molecule has 2 aromatic carbocycles. The average Bonchev–Trinajstić information content (AvgIpc) is 3.01. The predicted molar refractivity (Wildman–Crippen MR) is 80.3 cm³/mol. The van der Waals surface area contributed by atoms with Crippen LogP contribution in [0.25, 0.3) is 0 Å². The molecule has 3 nitrogen and oxygen atoms in total. The standard InChI is InChI=1S/C16H16ClN3/c17-12-7-5-11(6-8-12)16-14-4-2-1-3-13(14)15(18)20(16)10-9-19-16/h1-8,15,19H,9-10,18H2. The molecule has 0 amide bonds. The van der Waals surface area contributed by atoms with Crippen LogP contribution in [0.1, 0.15) is 22.9 Å². The van der Waals surface area contributed by atoms with Crippen LogP contribution in [0.3, 0.4) is 0 Å². The fourth-order valence-corrected chi connectivity index (χ4v) is 3.72. The first kappa shape index (κ1) is 12.4. The lowest BCUT2D eigenvalue weighted by Crippen LogP contribution is -2.47. The van der Waals surface area contributed by atoms with Gasteiger partial charge in [-0.05, 0) is 28.8 Å². The fraction of sp³-hybridized carbons (Fsp3) is 0.250. The van der Waals surface area contributed by atoms with E-state index in [0.29, 0.717) is 0 Å². The second kappa shape index (κ2) is 4.30. The molecule has 1 fully saturated rings. The van der Waals surface area contributed by atoms with Crippen LogP contribution in [0.5, 0.6) is 0 Å². The number of halogens is 1. The van der Waals surface area contributed by atoms with Gasteiger partial charge >= 0.3 is 0 Å². The van der Waals surface area contributed by atoms with Crippen molar-refractivity contribution in [2.45, 2.75) is 11.8 Å². The third-order valence-corrected chi connectivity index (χ3v) is 4.68. The molecule has 1 saturated heterocycles. The molecule has 4 heteroatoms. The van der Waals surface area contributed by atoms with Crippen molar-refractivity contribution >= 4 is 11.6 Å². The number of fused-ring (bicyclic) bond motifs is 3. The average molecular weight is 286 g/mol. The van der Waals surface area contributed by atoms with Gasteiger partial charge in [0.25, 0.3) is 0 Å². The van der Waals surface area contributed by atoms with E-state index in [1.165, 1.54) is 16.7 Å². The number of benzene rings is 2. The quantitative estimate of drug-likeness (QED) is 0.845. The molecule has 2 heterocycles. The molecule has 2 unspecified atom stereocenters. The lowest BCUT2D eigenvalue weighted by atomic mass is 9.91. The van der Waals surface area contributed by atoms with Gasteiger partial charge in [0.1, 0.15) is 5.66 Å². The molecule has 0 radical (unpaired) electrons. The molecule has 0 spiro atoms. The predicted octanol–water partition coefficient (Wildman–Crippen LogP) is 2.42. The third-order valence-electron chi connectivity index (χ3n) is 4.43. The van der Waals surface area contributed by atoms with E-state index in [1.807, 2.05) is 12.1 Å². The first-order valence-electron chi connectivity index (χ1n) is 6.86. The van der Waals surface area contributed by atoms with E-state index in [1.54, 1.807) is 0 Å². The number of nitrogens with zero attached hydrogens (tertiary/aromatic N) is 1. The highest BCUT2D eigenvalue weighted by molar-refractivity contribution is 6.30. The number of hydrogen-bond acceptors (Lipinski definition) is 3. The first-order valence-corrected chi connectivity index (χ1v) is 7.24. The summed E-state index contributed by atoms with van der Waals surface area (Å²) in [5, 5.41) is 4.41. The van der Waals surface area contributed by atoms with Gasteiger partial charge in [-0.1, -0.05) is 48.0 Å². The number of nitrogens with one attached hydrogen (secondary N) is 1. The van der Waals surface area contributed by atoms with E-state index in [-0.39, 0.29) is 11.8 Å². The lowest BCUT2D eigenvalue weighted by molar-refractivity contribution is 0.137. The van der Waals surface area contributed by atoms with Crippen LogP contribution in [0, 0.1) is 0 Å². The van der Waals surface area contributed by atoms with Crippen molar-refractivity contribution in [1.29, 1.82) is 0 Å². The van der Waals surface area contributed by atoms with E-state index in [9.17, 15) is 0 Å². The SMILES string of the molecule is NC1c2ccccc2C2(c3ccc(Cl)cc3)NCCN12. The second-order valence-corrected chi connectivity index (χ2v) is 5.81. The summed E-state index contributed by atoms with van der Waals surface area (Å²) >= 11 is 6.03. The molecule has 2 aromatic rings. The maximum absolute atomic E-state index is 6.44. The van der Waals surface area contributed by atoms with Crippen LogP contribution in [0.15, 0.2) is 48.5 Å². The zero-order valence-electron chi connectivity index (χ0n) is 11.0. The maximum atomic E-state index is 6.44. The van der Waals surface area contributed by atoms with Crippen LogP contribution in [-0.4, -0.2) is 18.0 Å². The summed E-state index contributed by atoms with van der Waals surface area (Å²) in [6.07, 6.45) is -0.0584. The monoisotopic (exact) mass is 285 g/mol. The molecule has 20 heavy (non-hydrogen) atoms. The van der Waals surface area contributed by atoms with Crippen molar-refractivity contribution in [2.24, 2.45) is 5.73 Å². The van der Waals surface area contributed by atoms with Crippen LogP contribution in [0.4, 0.5) is 0 Å².